The molecule has 1 amide bonds. The van der Waals surface area contributed by atoms with Gasteiger partial charge in [0.1, 0.15) is 0 Å². The molecule has 0 aliphatic carbocycles. The van der Waals surface area contributed by atoms with Gasteiger partial charge >= 0.3 is 0 Å². The Bertz CT molecular complexity index is 609. The third kappa shape index (κ3) is 3.61. The van der Waals surface area contributed by atoms with Gasteiger partial charge in [-0.2, -0.15) is 0 Å². The van der Waals surface area contributed by atoms with E-state index in [4.69, 9.17) is 5.73 Å². The Morgan fingerprint density at radius 2 is 2.37 bits per heavy atom. The molecule has 2 aromatic heterocycles. The van der Waals surface area contributed by atoms with Gasteiger partial charge in [-0.3, -0.25) is 4.79 Å². The number of thiophene rings is 1. The van der Waals surface area contributed by atoms with Gasteiger partial charge in [-0.1, -0.05) is 16.3 Å². The second-order valence-corrected chi connectivity index (χ2v) is 5.36. The maximum Gasteiger partial charge on any atom is 0.275 e. The van der Waals surface area contributed by atoms with Crippen LogP contribution in [-0.4, -0.2) is 34.0 Å². The van der Waals surface area contributed by atoms with Crippen LogP contribution in [0, 0.1) is 11.8 Å². The summed E-state index contributed by atoms with van der Waals surface area (Å²) in [6.45, 7) is 0.881. The van der Waals surface area contributed by atoms with E-state index >= 15 is 0 Å². The number of rotatable bonds is 3. The van der Waals surface area contributed by atoms with E-state index in [9.17, 15) is 4.79 Å². The summed E-state index contributed by atoms with van der Waals surface area (Å²) in [4.78, 5) is 14.7. The standard InChI is InChI=1S/C12H12N4OS2/c1-16(12(17)11-8-19-15-14-11)6-10-5-9(7-18-10)3-2-4-13/h5,7-8H,4,6,13H2,1H3. The Hall–Kier alpha value is -1.75. The highest BCUT2D eigenvalue weighted by Gasteiger charge is 2.15. The van der Waals surface area contributed by atoms with Gasteiger partial charge in [0.2, 0.25) is 0 Å². The first-order valence-electron chi connectivity index (χ1n) is 5.49. The van der Waals surface area contributed by atoms with E-state index < -0.39 is 0 Å². The van der Waals surface area contributed by atoms with E-state index in [1.807, 2.05) is 11.4 Å². The van der Waals surface area contributed by atoms with Crippen molar-refractivity contribution in [2.24, 2.45) is 5.73 Å². The number of hydrogen-bond acceptors (Lipinski definition) is 6. The third-order valence-electron chi connectivity index (χ3n) is 2.31. The second kappa shape index (κ2) is 6.43. The molecule has 0 saturated carbocycles. The Labute approximate surface area is 119 Å². The maximum absolute atomic E-state index is 12.0. The summed E-state index contributed by atoms with van der Waals surface area (Å²) in [6.07, 6.45) is 0. The van der Waals surface area contributed by atoms with Gasteiger partial charge < -0.3 is 10.6 Å². The lowest BCUT2D eigenvalue weighted by molar-refractivity contribution is 0.0780. The van der Waals surface area contributed by atoms with Crippen molar-refractivity contribution in [3.63, 3.8) is 0 Å². The monoisotopic (exact) mass is 292 g/mol. The number of amides is 1. The molecule has 0 unspecified atom stereocenters. The zero-order valence-electron chi connectivity index (χ0n) is 10.3. The zero-order valence-corrected chi connectivity index (χ0v) is 11.9. The first kappa shape index (κ1) is 13.7. The van der Waals surface area contributed by atoms with Crippen molar-refractivity contribution in [3.8, 4) is 11.8 Å². The van der Waals surface area contributed by atoms with Gasteiger partial charge in [-0.05, 0) is 17.6 Å². The highest BCUT2D eigenvalue weighted by Crippen LogP contribution is 2.16. The van der Waals surface area contributed by atoms with Crippen LogP contribution in [-0.2, 0) is 6.54 Å². The minimum atomic E-state index is -0.128. The van der Waals surface area contributed by atoms with Crippen molar-refractivity contribution in [2.45, 2.75) is 6.54 Å². The van der Waals surface area contributed by atoms with E-state index in [0.717, 1.165) is 10.4 Å². The van der Waals surface area contributed by atoms with Gasteiger partial charge in [0, 0.05) is 28.2 Å². The van der Waals surface area contributed by atoms with Crippen LogP contribution < -0.4 is 5.73 Å². The topological polar surface area (TPSA) is 72.1 Å². The van der Waals surface area contributed by atoms with E-state index in [-0.39, 0.29) is 5.91 Å². The van der Waals surface area contributed by atoms with Crippen LogP contribution in [0.5, 0.6) is 0 Å². The molecule has 7 heteroatoms. The van der Waals surface area contributed by atoms with Crippen LogP contribution in [0.2, 0.25) is 0 Å². The second-order valence-electron chi connectivity index (χ2n) is 3.76. The molecule has 0 bridgehead atoms. The van der Waals surface area contributed by atoms with E-state index in [1.165, 1.54) is 11.5 Å². The molecule has 2 heterocycles. The summed E-state index contributed by atoms with van der Waals surface area (Å²) < 4.78 is 3.69. The number of aromatic nitrogens is 2. The SMILES string of the molecule is CN(Cc1cc(C#CCN)cs1)C(=O)c1csnn1. The average molecular weight is 292 g/mol. The zero-order chi connectivity index (χ0) is 13.7. The fraction of sp³-hybridized carbons (Fsp3) is 0.250. The molecule has 0 fully saturated rings. The summed E-state index contributed by atoms with van der Waals surface area (Å²) in [5, 5.41) is 7.37. The van der Waals surface area contributed by atoms with Crippen molar-refractivity contribution in [3.05, 3.63) is 33.0 Å². The van der Waals surface area contributed by atoms with E-state index in [1.54, 1.807) is 28.7 Å². The molecular formula is C12H12N4OS2. The van der Waals surface area contributed by atoms with Crippen LogP contribution in [0.25, 0.3) is 0 Å². The Balaban J connectivity index is 2.01. The third-order valence-corrected chi connectivity index (χ3v) is 3.73. The predicted octanol–water partition coefficient (Wildman–Crippen LogP) is 1.18. The molecule has 2 aromatic rings. The van der Waals surface area contributed by atoms with Crippen LogP contribution in [0.1, 0.15) is 20.9 Å². The summed E-state index contributed by atoms with van der Waals surface area (Å²) in [7, 11) is 1.74. The van der Waals surface area contributed by atoms with Crippen LogP contribution >= 0.6 is 22.9 Å². The molecular weight excluding hydrogens is 280 g/mol. The molecule has 0 aliphatic rings. The fourth-order valence-corrected chi connectivity index (χ4v) is 2.74. The molecule has 0 saturated heterocycles. The smallest absolute Gasteiger partial charge is 0.275 e. The van der Waals surface area contributed by atoms with Crippen molar-refractivity contribution < 1.29 is 4.79 Å². The highest BCUT2D eigenvalue weighted by atomic mass is 32.1. The molecule has 2 rings (SSSR count). The van der Waals surface area contributed by atoms with Gasteiger partial charge in [0.25, 0.3) is 5.91 Å². The summed E-state index contributed by atoms with van der Waals surface area (Å²) in [6, 6.07) is 1.97. The van der Waals surface area contributed by atoms with Gasteiger partial charge in [0.05, 0.1) is 13.1 Å². The molecule has 0 atom stereocenters. The van der Waals surface area contributed by atoms with Crippen LogP contribution in [0.3, 0.4) is 0 Å². The first-order valence-corrected chi connectivity index (χ1v) is 7.21. The fourth-order valence-electron chi connectivity index (χ4n) is 1.44. The Morgan fingerprint density at radius 3 is 3.05 bits per heavy atom. The molecule has 5 nitrogen and oxygen atoms in total. The lowest BCUT2D eigenvalue weighted by atomic mass is 10.3. The largest absolute Gasteiger partial charge is 0.335 e. The number of carbonyl (C=O) groups excluding carboxylic acids is 1. The summed E-state index contributed by atoms with van der Waals surface area (Å²) >= 11 is 2.74. The lowest BCUT2D eigenvalue weighted by Gasteiger charge is -2.13. The molecule has 2 N–H and O–H groups in total. The molecule has 98 valence electrons. The first-order chi connectivity index (χ1) is 9.20. The molecule has 0 aromatic carbocycles. The van der Waals surface area contributed by atoms with Gasteiger partial charge in [0.15, 0.2) is 5.69 Å². The predicted molar refractivity (Wildman–Crippen MR) is 76.0 cm³/mol. The number of nitrogens with two attached hydrogens (primary N) is 1. The minimum absolute atomic E-state index is 0.128. The number of carbonyl (C=O) groups is 1. The number of hydrogen-bond donors (Lipinski definition) is 1. The van der Waals surface area contributed by atoms with Gasteiger partial charge in [-0.25, -0.2) is 0 Å². The quantitative estimate of drug-likeness (QED) is 0.862. The Kier molecular flexibility index (Phi) is 4.63. The molecule has 0 spiro atoms. The lowest BCUT2D eigenvalue weighted by Crippen LogP contribution is -2.26. The summed E-state index contributed by atoms with van der Waals surface area (Å²) in [5.41, 5.74) is 6.64. The van der Waals surface area contributed by atoms with Crippen LogP contribution in [0.4, 0.5) is 0 Å². The molecule has 0 aliphatic heterocycles. The highest BCUT2D eigenvalue weighted by molar-refractivity contribution is 7.10. The average Bonchev–Trinajstić information content (AvgIpc) is 3.06. The molecule has 19 heavy (non-hydrogen) atoms. The van der Waals surface area contributed by atoms with Crippen molar-refractivity contribution in [1.82, 2.24) is 14.5 Å². The molecule has 0 radical (unpaired) electrons. The van der Waals surface area contributed by atoms with Crippen molar-refractivity contribution in [2.75, 3.05) is 13.6 Å². The minimum Gasteiger partial charge on any atom is -0.335 e. The van der Waals surface area contributed by atoms with Gasteiger partial charge in [-0.15, -0.1) is 16.4 Å². The summed E-state index contributed by atoms with van der Waals surface area (Å²) in [5.74, 6) is 5.64. The number of nitrogens with zero attached hydrogens (tertiary/aromatic N) is 3. The van der Waals surface area contributed by atoms with E-state index in [2.05, 4.69) is 21.4 Å². The van der Waals surface area contributed by atoms with Crippen molar-refractivity contribution >= 4 is 28.8 Å². The maximum atomic E-state index is 12.0. The van der Waals surface area contributed by atoms with Crippen molar-refractivity contribution in [1.29, 1.82) is 0 Å². The normalized spacial score (nSPS) is 9.79. The van der Waals surface area contributed by atoms with Crippen LogP contribution in [0.15, 0.2) is 16.8 Å². The Morgan fingerprint density at radius 1 is 1.53 bits per heavy atom. The van der Waals surface area contributed by atoms with E-state index in [0.29, 0.717) is 18.8 Å².